The summed E-state index contributed by atoms with van der Waals surface area (Å²) in [6.07, 6.45) is -0.421. The summed E-state index contributed by atoms with van der Waals surface area (Å²) < 4.78 is 22.6. The SMILES string of the molecule is CCOC(OCC)c1ccccc1-c1c(OC)cccc1OC. The Bertz CT molecular complexity index is 596. The van der Waals surface area contributed by atoms with Gasteiger partial charge in [-0.2, -0.15) is 0 Å². The van der Waals surface area contributed by atoms with Crippen LogP contribution in [0.4, 0.5) is 0 Å². The second-order valence-corrected chi connectivity index (χ2v) is 4.87. The van der Waals surface area contributed by atoms with Crippen molar-refractivity contribution in [1.82, 2.24) is 0 Å². The van der Waals surface area contributed by atoms with E-state index in [0.717, 1.165) is 28.2 Å². The van der Waals surface area contributed by atoms with Crippen molar-refractivity contribution in [3.63, 3.8) is 0 Å². The molecule has 2 rings (SSSR count). The molecule has 0 aliphatic rings. The zero-order valence-electron chi connectivity index (χ0n) is 14.2. The average molecular weight is 316 g/mol. The van der Waals surface area contributed by atoms with E-state index < -0.39 is 6.29 Å². The first-order valence-corrected chi connectivity index (χ1v) is 7.80. The molecule has 0 amide bonds. The van der Waals surface area contributed by atoms with E-state index in [1.54, 1.807) is 14.2 Å². The van der Waals surface area contributed by atoms with Crippen LogP contribution in [0.15, 0.2) is 42.5 Å². The first-order chi connectivity index (χ1) is 11.3. The van der Waals surface area contributed by atoms with E-state index >= 15 is 0 Å². The van der Waals surface area contributed by atoms with Crippen LogP contribution in [0.2, 0.25) is 0 Å². The summed E-state index contributed by atoms with van der Waals surface area (Å²) in [6, 6.07) is 13.8. The molecule has 0 spiro atoms. The molecule has 0 aliphatic carbocycles. The van der Waals surface area contributed by atoms with Crippen molar-refractivity contribution in [3.8, 4) is 22.6 Å². The fraction of sp³-hybridized carbons (Fsp3) is 0.368. The molecule has 0 unspecified atom stereocenters. The van der Waals surface area contributed by atoms with Crippen LogP contribution >= 0.6 is 0 Å². The van der Waals surface area contributed by atoms with Gasteiger partial charge in [-0.3, -0.25) is 0 Å². The first kappa shape index (κ1) is 17.3. The van der Waals surface area contributed by atoms with Crippen LogP contribution in [-0.4, -0.2) is 27.4 Å². The van der Waals surface area contributed by atoms with E-state index in [1.807, 2.05) is 56.3 Å². The summed E-state index contributed by atoms with van der Waals surface area (Å²) in [4.78, 5) is 0. The number of hydrogen-bond acceptors (Lipinski definition) is 4. The minimum atomic E-state index is -0.421. The monoisotopic (exact) mass is 316 g/mol. The van der Waals surface area contributed by atoms with Crippen molar-refractivity contribution in [3.05, 3.63) is 48.0 Å². The van der Waals surface area contributed by atoms with Crippen LogP contribution in [0.25, 0.3) is 11.1 Å². The summed E-state index contributed by atoms with van der Waals surface area (Å²) in [5, 5.41) is 0. The van der Waals surface area contributed by atoms with Gasteiger partial charge in [-0.05, 0) is 31.5 Å². The molecule has 0 saturated carbocycles. The van der Waals surface area contributed by atoms with Crippen LogP contribution in [0, 0.1) is 0 Å². The maximum Gasteiger partial charge on any atom is 0.184 e. The maximum atomic E-state index is 5.77. The molecule has 124 valence electrons. The molecule has 0 fully saturated rings. The molecule has 0 atom stereocenters. The molecular weight excluding hydrogens is 292 g/mol. The van der Waals surface area contributed by atoms with Crippen molar-refractivity contribution in [2.45, 2.75) is 20.1 Å². The van der Waals surface area contributed by atoms with Crippen molar-refractivity contribution in [2.24, 2.45) is 0 Å². The lowest BCUT2D eigenvalue weighted by Crippen LogP contribution is -2.10. The highest BCUT2D eigenvalue weighted by Gasteiger charge is 2.21. The molecule has 0 saturated heterocycles. The fourth-order valence-corrected chi connectivity index (χ4v) is 2.58. The molecule has 0 N–H and O–H groups in total. The summed E-state index contributed by atoms with van der Waals surface area (Å²) in [6.45, 7) is 5.06. The van der Waals surface area contributed by atoms with Crippen LogP contribution in [0.3, 0.4) is 0 Å². The quantitative estimate of drug-likeness (QED) is 0.675. The Balaban J connectivity index is 2.61. The number of methoxy groups -OCH3 is 2. The highest BCUT2D eigenvalue weighted by molar-refractivity contribution is 5.79. The Hall–Kier alpha value is -2.04. The molecule has 23 heavy (non-hydrogen) atoms. The van der Waals surface area contributed by atoms with Gasteiger partial charge in [0.15, 0.2) is 6.29 Å². The number of hydrogen-bond donors (Lipinski definition) is 0. The molecule has 0 heterocycles. The van der Waals surface area contributed by atoms with Crippen molar-refractivity contribution in [1.29, 1.82) is 0 Å². The van der Waals surface area contributed by atoms with Crippen LogP contribution in [-0.2, 0) is 9.47 Å². The maximum absolute atomic E-state index is 5.77. The van der Waals surface area contributed by atoms with Gasteiger partial charge in [-0.25, -0.2) is 0 Å². The van der Waals surface area contributed by atoms with Gasteiger partial charge in [0, 0.05) is 18.8 Å². The average Bonchev–Trinajstić information content (AvgIpc) is 2.60. The third-order valence-corrected chi connectivity index (χ3v) is 3.55. The van der Waals surface area contributed by atoms with Crippen LogP contribution in [0.5, 0.6) is 11.5 Å². The molecule has 4 nitrogen and oxygen atoms in total. The number of benzene rings is 2. The van der Waals surface area contributed by atoms with E-state index in [9.17, 15) is 0 Å². The van der Waals surface area contributed by atoms with Crippen LogP contribution < -0.4 is 9.47 Å². The Labute approximate surface area is 137 Å². The van der Waals surface area contributed by atoms with Crippen LogP contribution in [0.1, 0.15) is 25.7 Å². The van der Waals surface area contributed by atoms with Crippen molar-refractivity contribution in [2.75, 3.05) is 27.4 Å². The predicted molar refractivity (Wildman–Crippen MR) is 91.0 cm³/mol. The summed E-state index contributed by atoms with van der Waals surface area (Å²) in [7, 11) is 3.31. The summed E-state index contributed by atoms with van der Waals surface area (Å²) in [5.74, 6) is 1.51. The number of ether oxygens (including phenoxy) is 4. The first-order valence-electron chi connectivity index (χ1n) is 7.80. The van der Waals surface area contributed by atoms with Gasteiger partial charge in [-0.1, -0.05) is 30.3 Å². The molecule has 0 aromatic heterocycles. The van der Waals surface area contributed by atoms with E-state index in [2.05, 4.69) is 0 Å². The fourth-order valence-electron chi connectivity index (χ4n) is 2.58. The van der Waals surface area contributed by atoms with Crippen molar-refractivity contribution < 1.29 is 18.9 Å². The zero-order valence-corrected chi connectivity index (χ0v) is 14.2. The smallest absolute Gasteiger partial charge is 0.184 e. The normalized spacial score (nSPS) is 10.8. The second kappa shape index (κ2) is 8.56. The molecule has 0 radical (unpaired) electrons. The van der Waals surface area contributed by atoms with E-state index in [0.29, 0.717) is 13.2 Å². The highest BCUT2D eigenvalue weighted by Crippen LogP contribution is 2.42. The molecule has 2 aromatic carbocycles. The summed E-state index contributed by atoms with van der Waals surface area (Å²) in [5.41, 5.74) is 2.84. The lowest BCUT2D eigenvalue weighted by Gasteiger charge is -2.22. The van der Waals surface area contributed by atoms with E-state index in [-0.39, 0.29) is 0 Å². The van der Waals surface area contributed by atoms with Gasteiger partial charge in [0.25, 0.3) is 0 Å². The lowest BCUT2D eigenvalue weighted by atomic mass is 9.97. The van der Waals surface area contributed by atoms with E-state index in [4.69, 9.17) is 18.9 Å². The topological polar surface area (TPSA) is 36.9 Å². The Kier molecular flexibility index (Phi) is 6.44. The summed E-state index contributed by atoms with van der Waals surface area (Å²) >= 11 is 0. The second-order valence-electron chi connectivity index (χ2n) is 4.87. The van der Waals surface area contributed by atoms with Gasteiger partial charge < -0.3 is 18.9 Å². The molecule has 0 aliphatic heterocycles. The van der Waals surface area contributed by atoms with Crippen molar-refractivity contribution >= 4 is 0 Å². The minimum Gasteiger partial charge on any atom is -0.496 e. The van der Waals surface area contributed by atoms with Gasteiger partial charge >= 0.3 is 0 Å². The van der Waals surface area contributed by atoms with Gasteiger partial charge in [-0.15, -0.1) is 0 Å². The molecular formula is C19H24O4. The number of rotatable bonds is 8. The molecule has 0 bridgehead atoms. The Morgan fingerprint density at radius 2 is 1.35 bits per heavy atom. The minimum absolute atomic E-state index is 0.421. The zero-order chi connectivity index (χ0) is 16.7. The lowest BCUT2D eigenvalue weighted by molar-refractivity contribution is -0.139. The largest absolute Gasteiger partial charge is 0.496 e. The third kappa shape index (κ3) is 3.84. The Morgan fingerprint density at radius 1 is 0.783 bits per heavy atom. The van der Waals surface area contributed by atoms with Gasteiger partial charge in [0.05, 0.1) is 19.8 Å². The van der Waals surface area contributed by atoms with E-state index in [1.165, 1.54) is 0 Å². The molecule has 2 aromatic rings. The highest BCUT2D eigenvalue weighted by atomic mass is 16.7. The predicted octanol–water partition coefficient (Wildman–Crippen LogP) is 4.44. The Morgan fingerprint density at radius 3 is 1.87 bits per heavy atom. The third-order valence-electron chi connectivity index (χ3n) is 3.55. The standard InChI is InChI=1S/C19H24O4/c1-5-22-19(23-6-2)15-11-8-7-10-14(15)18-16(20-3)12-9-13-17(18)21-4/h7-13,19H,5-6H2,1-4H3. The molecule has 4 heteroatoms. The van der Waals surface area contributed by atoms with Gasteiger partial charge in [0.2, 0.25) is 0 Å². The van der Waals surface area contributed by atoms with Gasteiger partial charge in [0.1, 0.15) is 11.5 Å².